The van der Waals surface area contributed by atoms with E-state index in [4.69, 9.17) is 4.74 Å². The number of hydrogen-bond acceptors (Lipinski definition) is 5. The van der Waals surface area contributed by atoms with Crippen molar-refractivity contribution in [3.8, 4) is 5.88 Å². The van der Waals surface area contributed by atoms with Gasteiger partial charge in [0.25, 0.3) is 5.91 Å². The Kier molecular flexibility index (Phi) is 3.89. The van der Waals surface area contributed by atoms with Crippen molar-refractivity contribution < 1.29 is 9.53 Å². The predicted molar refractivity (Wildman–Crippen MR) is 87.8 cm³/mol. The van der Waals surface area contributed by atoms with Crippen molar-refractivity contribution in [2.75, 3.05) is 12.4 Å². The van der Waals surface area contributed by atoms with E-state index in [-0.39, 0.29) is 11.9 Å². The molecule has 0 aliphatic rings. The molecule has 3 aromatic rings. The second kappa shape index (κ2) is 6.00. The summed E-state index contributed by atoms with van der Waals surface area (Å²) >= 11 is 0. The molecule has 0 aliphatic heterocycles. The number of rotatable bonds is 3. The van der Waals surface area contributed by atoms with Crippen LogP contribution in [0, 0.1) is 13.8 Å². The van der Waals surface area contributed by atoms with Crippen molar-refractivity contribution in [1.82, 2.24) is 15.0 Å². The van der Waals surface area contributed by atoms with Gasteiger partial charge in [0.15, 0.2) is 0 Å². The average molecular weight is 308 g/mol. The van der Waals surface area contributed by atoms with Gasteiger partial charge < -0.3 is 4.74 Å². The minimum absolute atomic E-state index is 0.213. The van der Waals surface area contributed by atoms with E-state index in [1.807, 2.05) is 38.1 Å². The van der Waals surface area contributed by atoms with E-state index < -0.39 is 0 Å². The Bertz CT molecular complexity index is 893. The number of amides is 1. The second-order valence-corrected chi connectivity index (χ2v) is 5.16. The van der Waals surface area contributed by atoms with Gasteiger partial charge in [-0.05, 0) is 26.0 Å². The molecule has 2 heterocycles. The summed E-state index contributed by atoms with van der Waals surface area (Å²) in [5.41, 5.74) is 2.80. The van der Waals surface area contributed by atoms with Gasteiger partial charge in [-0.2, -0.15) is 4.98 Å². The molecule has 0 unspecified atom stereocenters. The van der Waals surface area contributed by atoms with Crippen LogP contribution in [0.5, 0.6) is 5.88 Å². The number of anilines is 1. The van der Waals surface area contributed by atoms with Crippen LogP contribution in [0.4, 0.5) is 5.95 Å². The van der Waals surface area contributed by atoms with Crippen LogP contribution in [0.15, 0.2) is 36.4 Å². The van der Waals surface area contributed by atoms with E-state index in [0.717, 1.165) is 16.6 Å². The zero-order valence-electron chi connectivity index (χ0n) is 13.1. The molecule has 0 aliphatic carbocycles. The lowest BCUT2D eigenvalue weighted by Gasteiger charge is -2.09. The van der Waals surface area contributed by atoms with E-state index in [0.29, 0.717) is 17.1 Å². The molecule has 0 radical (unpaired) electrons. The Balaban J connectivity index is 2.00. The Morgan fingerprint density at radius 1 is 1.04 bits per heavy atom. The highest BCUT2D eigenvalue weighted by Crippen LogP contribution is 2.19. The Hall–Kier alpha value is -3.02. The SMILES string of the molecule is COc1cc(C)nc(NC(=O)c2cc(C)nc3ccccc23)n1. The van der Waals surface area contributed by atoms with Crippen molar-refractivity contribution in [2.24, 2.45) is 0 Å². The molecule has 0 bridgehead atoms. The molecule has 23 heavy (non-hydrogen) atoms. The molecule has 2 aromatic heterocycles. The van der Waals surface area contributed by atoms with Crippen LogP contribution in [0.2, 0.25) is 0 Å². The van der Waals surface area contributed by atoms with E-state index in [2.05, 4.69) is 20.3 Å². The van der Waals surface area contributed by atoms with E-state index in [9.17, 15) is 4.79 Å². The number of pyridine rings is 1. The zero-order chi connectivity index (χ0) is 16.4. The lowest BCUT2D eigenvalue weighted by molar-refractivity contribution is 0.102. The number of carbonyl (C=O) groups is 1. The largest absolute Gasteiger partial charge is 0.481 e. The predicted octanol–water partition coefficient (Wildman–Crippen LogP) is 2.90. The number of aryl methyl sites for hydroxylation is 2. The monoisotopic (exact) mass is 308 g/mol. The van der Waals surface area contributed by atoms with Crippen LogP contribution in [-0.4, -0.2) is 28.0 Å². The quantitative estimate of drug-likeness (QED) is 0.805. The topological polar surface area (TPSA) is 77.0 Å². The lowest BCUT2D eigenvalue weighted by Crippen LogP contribution is -2.15. The molecule has 0 saturated heterocycles. The standard InChI is InChI=1S/C17H16N4O2/c1-10-8-13(12-6-4-5-7-14(12)18-10)16(22)21-17-19-11(2)9-15(20-17)23-3/h4-9H,1-3H3,(H,19,20,21,22). The molecular weight excluding hydrogens is 292 g/mol. The van der Waals surface area contributed by atoms with Gasteiger partial charge in [-0.3, -0.25) is 15.1 Å². The third kappa shape index (κ3) is 3.11. The van der Waals surface area contributed by atoms with Gasteiger partial charge in [-0.15, -0.1) is 0 Å². The Morgan fingerprint density at radius 2 is 1.78 bits per heavy atom. The summed E-state index contributed by atoms with van der Waals surface area (Å²) in [5.74, 6) is 0.341. The maximum Gasteiger partial charge on any atom is 0.258 e. The van der Waals surface area contributed by atoms with Gasteiger partial charge in [-0.1, -0.05) is 18.2 Å². The Morgan fingerprint density at radius 3 is 2.57 bits per heavy atom. The number of ether oxygens (including phenoxy) is 1. The molecule has 0 saturated carbocycles. The first kappa shape index (κ1) is 14.9. The zero-order valence-corrected chi connectivity index (χ0v) is 13.1. The molecular formula is C17H16N4O2. The summed E-state index contributed by atoms with van der Waals surface area (Å²) in [7, 11) is 1.52. The number of para-hydroxylation sites is 1. The molecule has 6 heteroatoms. The van der Waals surface area contributed by atoms with E-state index in [1.165, 1.54) is 7.11 Å². The summed E-state index contributed by atoms with van der Waals surface area (Å²) in [6, 6.07) is 11.0. The minimum atomic E-state index is -0.278. The first-order valence-electron chi connectivity index (χ1n) is 7.14. The van der Waals surface area contributed by atoms with Crippen molar-refractivity contribution in [2.45, 2.75) is 13.8 Å². The molecule has 0 fully saturated rings. The summed E-state index contributed by atoms with van der Waals surface area (Å²) in [5, 5.41) is 3.51. The molecule has 0 spiro atoms. The fraction of sp³-hybridized carbons (Fsp3) is 0.176. The number of methoxy groups -OCH3 is 1. The smallest absolute Gasteiger partial charge is 0.258 e. The molecule has 0 atom stereocenters. The lowest BCUT2D eigenvalue weighted by atomic mass is 10.1. The molecule has 1 aromatic carbocycles. The van der Waals surface area contributed by atoms with Crippen LogP contribution < -0.4 is 10.1 Å². The molecule has 1 amide bonds. The van der Waals surface area contributed by atoms with Gasteiger partial charge in [0.1, 0.15) is 0 Å². The van der Waals surface area contributed by atoms with Crippen molar-refractivity contribution in [3.63, 3.8) is 0 Å². The average Bonchev–Trinajstić information content (AvgIpc) is 2.53. The van der Waals surface area contributed by atoms with E-state index >= 15 is 0 Å². The van der Waals surface area contributed by atoms with Crippen LogP contribution in [0.25, 0.3) is 10.9 Å². The number of nitrogens with zero attached hydrogens (tertiary/aromatic N) is 3. The summed E-state index contributed by atoms with van der Waals surface area (Å²) in [6.07, 6.45) is 0. The van der Waals surface area contributed by atoms with Gasteiger partial charge in [0, 0.05) is 22.8 Å². The molecule has 1 N–H and O–H groups in total. The van der Waals surface area contributed by atoms with Gasteiger partial charge in [0.05, 0.1) is 18.2 Å². The fourth-order valence-electron chi connectivity index (χ4n) is 2.36. The number of aromatic nitrogens is 3. The van der Waals surface area contributed by atoms with Crippen LogP contribution in [-0.2, 0) is 0 Å². The summed E-state index contributed by atoms with van der Waals surface area (Å²) in [6.45, 7) is 3.67. The van der Waals surface area contributed by atoms with Gasteiger partial charge in [-0.25, -0.2) is 4.98 Å². The first-order valence-corrected chi connectivity index (χ1v) is 7.14. The number of carbonyl (C=O) groups excluding carboxylic acids is 1. The first-order chi connectivity index (χ1) is 11.1. The maximum absolute atomic E-state index is 12.6. The highest BCUT2D eigenvalue weighted by Gasteiger charge is 2.14. The summed E-state index contributed by atoms with van der Waals surface area (Å²) in [4.78, 5) is 25.4. The highest BCUT2D eigenvalue weighted by molar-refractivity contribution is 6.11. The molecule has 116 valence electrons. The third-order valence-electron chi connectivity index (χ3n) is 3.35. The number of fused-ring (bicyclic) bond motifs is 1. The van der Waals surface area contributed by atoms with E-state index in [1.54, 1.807) is 12.1 Å². The number of hydrogen-bond donors (Lipinski definition) is 1. The minimum Gasteiger partial charge on any atom is -0.481 e. The Labute approximate surface area is 133 Å². The highest BCUT2D eigenvalue weighted by atomic mass is 16.5. The number of benzene rings is 1. The van der Waals surface area contributed by atoms with Gasteiger partial charge in [0.2, 0.25) is 11.8 Å². The fourth-order valence-corrected chi connectivity index (χ4v) is 2.36. The van der Waals surface area contributed by atoms with Crippen molar-refractivity contribution >= 4 is 22.8 Å². The second-order valence-electron chi connectivity index (χ2n) is 5.16. The van der Waals surface area contributed by atoms with Crippen molar-refractivity contribution in [3.05, 3.63) is 53.3 Å². The molecule has 6 nitrogen and oxygen atoms in total. The van der Waals surface area contributed by atoms with Crippen LogP contribution in [0.1, 0.15) is 21.7 Å². The number of nitrogens with one attached hydrogen (secondary N) is 1. The molecule has 3 rings (SSSR count). The maximum atomic E-state index is 12.6. The van der Waals surface area contributed by atoms with Crippen LogP contribution in [0.3, 0.4) is 0 Å². The van der Waals surface area contributed by atoms with Crippen LogP contribution >= 0.6 is 0 Å². The van der Waals surface area contributed by atoms with Gasteiger partial charge >= 0.3 is 0 Å². The summed E-state index contributed by atoms with van der Waals surface area (Å²) < 4.78 is 5.10. The normalized spacial score (nSPS) is 10.6. The van der Waals surface area contributed by atoms with Crippen molar-refractivity contribution in [1.29, 1.82) is 0 Å². The third-order valence-corrected chi connectivity index (χ3v) is 3.35.